The van der Waals surface area contributed by atoms with Crippen molar-refractivity contribution in [2.45, 2.75) is 12.8 Å². The molecule has 0 saturated heterocycles. The van der Waals surface area contributed by atoms with E-state index in [9.17, 15) is 13.6 Å². The van der Waals surface area contributed by atoms with E-state index in [4.69, 9.17) is 15.1 Å². The Morgan fingerprint density at radius 1 is 1.59 bits per heavy atom. The summed E-state index contributed by atoms with van der Waals surface area (Å²) in [5.41, 5.74) is -0.580. The van der Waals surface area contributed by atoms with Crippen LogP contribution in [0.3, 0.4) is 0 Å². The van der Waals surface area contributed by atoms with E-state index in [-0.39, 0.29) is 16.9 Å². The summed E-state index contributed by atoms with van der Waals surface area (Å²) in [6.07, 6.45) is -3.43. The first-order valence-electron chi connectivity index (χ1n) is 4.60. The summed E-state index contributed by atoms with van der Waals surface area (Å²) >= 11 is 0. The number of halogens is 2. The molecule has 0 aliphatic rings. The molecule has 0 bridgehead atoms. The Morgan fingerprint density at radius 2 is 2.24 bits per heavy atom. The van der Waals surface area contributed by atoms with Crippen molar-refractivity contribution in [1.82, 2.24) is 0 Å². The van der Waals surface area contributed by atoms with Gasteiger partial charge < -0.3 is 9.84 Å². The monoisotopic (exact) mass is 241 g/mol. The number of carboxylic acids is 1. The van der Waals surface area contributed by atoms with Crippen LogP contribution in [-0.4, -0.2) is 18.2 Å². The third-order valence-electron chi connectivity index (χ3n) is 2.16. The highest BCUT2D eigenvalue weighted by atomic mass is 19.3. The van der Waals surface area contributed by atoms with E-state index in [0.29, 0.717) is 0 Å². The van der Waals surface area contributed by atoms with E-state index in [0.717, 1.165) is 6.07 Å². The number of methoxy groups -OCH3 is 1. The standard InChI is InChI=1S/C11H9F2NO3/c1-17-9-3-6(5-14)2-8(11(12)13)7(9)4-10(15)16/h2-3,11H,4H2,1H3,(H,15,16). The van der Waals surface area contributed by atoms with E-state index in [1.165, 1.54) is 13.2 Å². The lowest BCUT2D eigenvalue weighted by molar-refractivity contribution is -0.136. The number of nitriles is 1. The second kappa shape index (κ2) is 5.25. The Balaban J connectivity index is 3.41. The molecule has 0 spiro atoms. The molecule has 17 heavy (non-hydrogen) atoms. The zero-order valence-corrected chi connectivity index (χ0v) is 8.91. The van der Waals surface area contributed by atoms with E-state index in [2.05, 4.69) is 0 Å². The normalized spacial score (nSPS) is 10.1. The van der Waals surface area contributed by atoms with Crippen molar-refractivity contribution in [2.75, 3.05) is 7.11 Å². The zero-order chi connectivity index (χ0) is 13.0. The van der Waals surface area contributed by atoms with Crippen LogP contribution in [0.4, 0.5) is 8.78 Å². The molecule has 1 aromatic carbocycles. The molecule has 0 fully saturated rings. The fraction of sp³-hybridized carbons (Fsp3) is 0.273. The van der Waals surface area contributed by atoms with E-state index in [1.54, 1.807) is 6.07 Å². The second-order valence-corrected chi connectivity index (χ2v) is 3.23. The van der Waals surface area contributed by atoms with Gasteiger partial charge in [0.25, 0.3) is 6.43 Å². The molecular formula is C11H9F2NO3. The summed E-state index contributed by atoms with van der Waals surface area (Å²) in [7, 11) is 1.23. The molecule has 0 unspecified atom stereocenters. The predicted octanol–water partition coefficient (Wildman–Crippen LogP) is 2.13. The van der Waals surface area contributed by atoms with Gasteiger partial charge in [-0.15, -0.1) is 0 Å². The van der Waals surface area contributed by atoms with Gasteiger partial charge in [-0.3, -0.25) is 4.79 Å². The molecule has 0 amide bonds. The number of ether oxygens (including phenoxy) is 1. The minimum atomic E-state index is -2.86. The molecule has 0 atom stereocenters. The fourth-order valence-corrected chi connectivity index (χ4v) is 1.45. The Kier molecular flexibility index (Phi) is 3.99. The summed E-state index contributed by atoms with van der Waals surface area (Å²) in [6.45, 7) is 0. The summed E-state index contributed by atoms with van der Waals surface area (Å²) < 4.78 is 30.3. The molecular weight excluding hydrogens is 232 g/mol. The van der Waals surface area contributed by atoms with Crippen LogP contribution in [0.25, 0.3) is 0 Å². The molecule has 0 aliphatic carbocycles. The lowest BCUT2D eigenvalue weighted by atomic mass is 10.0. The van der Waals surface area contributed by atoms with Crippen molar-refractivity contribution in [3.63, 3.8) is 0 Å². The minimum Gasteiger partial charge on any atom is -0.496 e. The molecule has 1 rings (SSSR count). The highest BCUT2D eigenvalue weighted by molar-refractivity contribution is 5.72. The molecule has 1 aromatic rings. The van der Waals surface area contributed by atoms with Crippen molar-refractivity contribution in [3.05, 3.63) is 28.8 Å². The largest absolute Gasteiger partial charge is 0.496 e. The van der Waals surface area contributed by atoms with Gasteiger partial charge in [0.15, 0.2) is 0 Å². The van der Waals surface area contributed by atoms with Gasteiger partial charge in [0.05, 0.1) is 25.2 Å². The van der Waals surface area contributed by atoms with Crippen molar-refractivity contribution < 1.29 is 23.4 Å². The van der Waals surface area contributed by atoms with Gasteiger partial charge in [0.1, 0.15) is 5.75 Å². The topological polar surface area (TPSA) is 70.3 Å². The highest BCUT2D eigenvalue weighted by Gasteiger charge is 2.20. The van der Waals surface area contributed by atoms with Gasteiger partial charge in [0, 0.05) is 11.1 Å². The number of hydrogen-bond donors (Lipinski definition) is 1. The molecule has 0 aliphatic heterocycles. The molecule has 4 nitrogen and oxygen atoms in total. The van der Waals surface area contributed by atoms with Crippen molar-refractivity contribution in [1.29, 1.82) is 5.26 Å². The average Bonchev–Trinajstić information content (AvgIpc) is 2.28. The van der Waals surface area contributed by atoms with Gasteiger partial charge in [-0.05, 0) is 12.1 Å². The average molecular weight is 241 g/mol. The maximum Gasteiger partial charge on any atom is 0.307 e. The first-order valence-corrected chi connectivity index (χ1v) is 4.60. The maximum absolute atomic E-state index is 12.8. The number of carbonyl (C=O) groups is 1. The smallest absolute Gasteiger partial charge is 0.307 e. The van der Waals surface area contributed by atoms with Crippen molar-refractivity contribution in [3.8, 4) is 11.8 Å². The second-order valence-electron chi connectivity index (χ2n) is 3.23. The van der Waals surface area contributed by atoms with E-state index in [1.807, 2.05) is 0 Å². The van der Waals surface area contributed by atoms with Gasteiger partial charge in [-0.1, -0.05) is 0 Å². The molecule has 1 N–H and O–H groups in total. The van der Waals surface area contributed by atoms with E-state index < -0.39 is 24.4 Å². The molecule has 6 heteroatoms. The van der Waals surface area contributed by atoms with Crippen LogP contribution >= 0.6 is 0 Å². The molecule has 0 aromatic heterocycles. The third kappa shape index (κ3) is 2.91. The highest BCUT2D eigenvalue weighted by Crippen LogP contribution is 2.31. The van der Waals surface area contributed by atoms with Crippen LogP contribution in [0.2, 0.25) is 0 Å². The Bertz CT molecular complexity index is 480. The zero-order valence-electron chi connectivity index (χ0n) is 8.91. The van der Waals surface area contributed by atoms with Crippen LogP contribution < -0.4 is 4.74 Å². The summed E-state index contributed by atoms with van der Waals surface area (Å²) in [5.74, 6) is -1.25. The molecule has 0 saturated carbocycles. The minimum absolute atomic E-state index is 0.00582. The fourth-order valence-electron chi connectivity index (χ4n) is 1.45. The van der Waals surface area contributed by atoms with E-state index >= 15 is 0 Å². The first-order chi connectivity index (χ1) is 7.99. The lowest BCUT2D eigenvalue weighted by Crippen LogP contribution is -2.07. The SMILES string of the molecule is COc1cc(C#N)cc(C(F)F)c1CC(=O)O. The summed E-state index contributed by atoms with van der Waals surface area (Å²) in [4.78, 5) is 10.6. The van der Waals surface area contributed by atoms with Crippen LogP contribution in [0, 0.1) is 11.3 Å². The maximum atomic E-state index is 12.8. The number of alkyl halides is 2. The number of carboxylic acid groups (broad SMARTS) is 1. The summed E-state index contributed by atoms with van der Waals surface area (Å²) in [6, 6.07) is 3.93. The molecule has 0 radical (unpaired) electrons. The number of hydrogen-bond acceptors (Lipinski definition) is 3. The third-order valence-corrected chi connectivity index (χ3v) is 2.16. The summed E-state index contributed by atoms with van der Waals surface area (Å²) in [5, 5.41) is 17.3. The number of benzene rings is 1. The lowest BCUT2D eigenvalue weighted by Gasteiger charge is -2.12. The van der Waals surface area contributed by atoms with Crippen molar-refractivity contribution in [2.24, 2.45) is 0 Å². The first kappa shape index (κ1) is 12.9. The molecule has 0 heterocycles. The predicted molar refractivity (Wildman–Crippen MR) is 54.0 cm³/mol. The number of aliphatic carboxylic acids is 1. The Hall–Kier alpha value is -2.16. The van der Waals surface area contributed by atoms with Crippen LogP contribution in [-0.2, 0) is 11.2 Å². The number of nitrogens with zero attached hydrogens (tertiary/aromatic N) is 1. The van der Waals surface area contributed by atoms with Gasteiger partial charge >= 0.3 is 5.97 Å². The van der Waals surface area contributed by atoms with Crippen LogP contribution in [0.1, 0.15) is 23.1 Å². The van der Waals surface area contributed by atoms with Crippen LogP contribution in [0.5, 0.6) is 5.75 Å². The Morgan fingerprint density at radius 3 is 2.65 bits per heavy atom. The number of rotatable bonds is 4. The molecule has 90 valence electrons. The van der Waals surface area contributed by atoms with Gasteiger partial charge in [0.2, 0.25) is 0 Å². The van der Waals surface area contributed by atoms with Gasteiger partial charge in [-0.25, -0.2) is 8.78 Å². The van der Waals surface area contributed by atoms with Crippen molar-refractivity contribution >= 4 is 5.97 Å². The quantitative estimate of drug-likeness (QED) is 0.876. The Labute approximate surface area is 96.0 Å². The van der Waals surface area contributed by atoms with Gasteiger partial charge in [-0.2, -0.15) is 5.26 Å². The van der Waals surface area contributed by atoms with Crippen LogP contribution in [0.15, 0.2) is 12.1 Å².